The van der Waals surface area contributed by atoms with Crippen molar-refractivity contribution in [2.75, 3.05) is 26.1 Å². The highest BCUT2D eigenvalue weighted by molar-refractivity contribution is 6.08. The third-order valence-electron chi connectivity index (χ3n) is 3.73. The lowest BCUT2D eigenvalue weighted by Gasteiger charge is -2.13. The predicted molar refractivity (Wildman–Crippen MR) is 98.7 cm³/mol. The minimum Gasteiger partial charge on any atom is -0.496 e. The summed E-state index contributed by atoms with van der Waals surface area (Å²) in [6.07, 6.45) is 0.910. The molecule has 1 amide bonds. The zero-order valence-electron chi connectivity index (χ0n) is 15.2. The number of carbonyl (C=O) groups excluding carboxylic acids is 2. The maximum absolute atomic E-state index is 12.6. The quantitative estimate of drug-likeness (QED) is 0.576. The van der Waals surface area contributed by atoms with Gasteiger partial charge in [0.15, 0.2) is 0 Å². The Hall–Kier alpha value is -2.86. The van der Waals surface area contributed by atoms with E-state index in [0.29, 0.717) is 35.8 Å². The van der Waals surface area contributed by atoms with Crippen molar-refractivity contribution in [3.05, 3.63) is 59.2 Å². The van der Waals surface area contributed by atoms with Crippen molar-refractivity contribution in [1.29, 1.82) is 0 Å². The molecule has 0 radical (unpaired) electrons. The minimum atomic E-state index is -0.510. The molecule has 138 valence electrons. The molecule has 0 aliphatic heterocycles. The summed E-state index contributed by atoms with van der Waals surface area (Å²) in [5.74, 6) is -0.183. The summed E-state index contributed by atoms with van der Waals surface area (Å²) in [6, 6.07) is 11.8. The third kappa shape index (κ3) is 4.83. The molecule has 6 heteroatoms. The Morgan fingerprint density at radius 2 is 1.85 bits per heavy atom. The van der Waals surface area contributed by atoms with E-state index in [2.05, 4.69) is 5.32 Å². The largest absolute Gasteiger partial charge is 0.496 e. The number of hydrogen-bond acceptors (Lipinski definition) is 5. The van der Waals surface area contributed by atoms with Crippen LogP contribution in [0.5, 0.6) is 5.75 Å². The van der Waals surface area contributed by atoms with Gasteiger partial charge in [-0.1, -0.05) is 19.1 Å². The van der Waals surface area contributed by atoms with Crippen LogP contribution >= 0.6 is 0 Å². The first-order valence-corrected chi connectivity index (χ1v) is 8.34. The van der Waals surface area contributed by atoms with Crippen LogP contribution < -0.4 is 10.1 Å². The highest BCUT2D eigenvalue weighted by Gasteiger charge is 2.15. The van der Waals surface area contributed by atoms with Gasteiger partial charge in [-0.2, -0.15) is 0 Å². The van der Waals surface area contributed by atoms with Crippen LogP contribution in [-0.4, -0.2) is 32.7 Å². The van der Waals surface area contributed by atoms with Gasteiger partial charge < -0.3 is 19.5 Å². The number of ether oxygens (including phenoxy) is 3. The Kier molecular flexibility index (Phi) is 7.17. The van der Waals surface area contributed by atoms with Crippen LogP contribution in [-0.2, 0) is 16.1 Å². The van der Waals surface area contributed by atoms with Crippen LogP contribution in [0.3, 0.4) is 0 Å². The minimum absolute atomic E-state index is 0.295. The van der Waals surface area contributed by atoms with Crippen molar-refractivity contribution in [3.63, 3.8) is 0 Å². The van der Waals surface area contributed by atoms with Gasteiger partial charge in [-0.15, -0.1) is 0 Å². The Bertz CT molecular complexity index is 773. The van der Waals surface area contributed by atoms with Gasteiger partial charge in [-0.3, -0.25) is 4.79 Å². The molecule has 0 aliphatic rings. The van der Waals surface area contributed by atoms with E-state index in [-0.39, 0.29) is 5.91 Å². The van der Waals surface area contributed by atoms with Crippen LogP contribution in [0.4, 0.5) is 5.69 Å². The third-order valence-corrected chi connectivity index (χ3v) is 3.73. The molecule has 0 aliphatic carbocycles. The fourth-order valence-corrected chi connectivity index (χ4v) is 2.43. The molecule has 0 atom stereocenters. The lowest BCUT2D eigenvalue weighted by Crippen LogP contribution is -2.16. The zero-order chi connectivity index (χ0) is 18.9. The molecule has 0 spiro atoms. The normalized spacial score (nSPS) is 10.3. The highest BCUT2D eigenvalue weighted by atomic mass is 16.5. The van der Waals surface area contributed by atoms with E-state index >= 15 is 0 Å². The molecule has 0 bridgehead atoms. The topological polar surface area (TPSA) is 73.9 Å². The maximum atomic E-state index is 12.6. The molecule has 0 unspecified atom stereocenters. The molecule has 0 fully saturated rings. The summed E-state index contributed by atoms with van der Waals surface area (Å²) in [6.45, 7) is 3.02. The number of rotatable bonds is 8. The van der Waals surface area contributed by atoms with E-state index in [1.807, 2.05) is 6.92 Å². The summed E-state index contributed by atoms with van der Waals surface area (Å²) >= 11 is 0. The van der Waals surface area contributed by atoms with E-state index in [0.717, 1.165) is 12.0 Å². The molecule has 1 N–H and O–H groups in total. The summed E-state index contributed by atoms with van der Waals surface area (Å²) < 4.78 is 15.6. The van der Waals surface area contributed by atoms with E-state index in [9.17, 15) is 9.59 Å². The second kappa shape index (κ2) is 9.58. The smallest absolute Gasteiger partial charge is 0.339 e. The van der Waals surface area contributed by atoms with E-state index in [1.165, 1.54) is 7.11 Å². The molecule has 0 aromatic heterocycles. The average Bonchev–Trinajstić information content (AvgIpc) is 2.67. The molecular formula is C20H23NO5. The fourth-order valence-electron chi connectivity index (χ4n) is 2.43. The number of anilines is 1. The number of nitrogens with one attached hydrogen (secondary N) is 1. The number of methoxy groups -OCH3 is 2. The van der Waals surface area contributed by atoms with Gasteiger partial charge in [0, 0.05) is 17.7 Å². The van der Waals surface area contributed by atoms with Crippen LogP contribution in [0.1, 0.15) is 39.6 Å². The SMILES string of the molecule is CCCOCc1cc(C(=O)Nc2ccccc2C(=O)OC)ccc1OC. The van der Waals surface area contributed by atoms with Crippen LogP contribution in [0.25, 0.3) is 0 Å². The molecular weight excluding hydrogens is 334 g/mol. The summed E-state index contributed by atoms with van der Waals surface area (Å²) in [5, 5.41) is 2.75. The van der Waals surface area contributed by atoms with Crippen molar-refractivity contribution < 1.29 is 23.8 Å². The van der Waals surface area contributed by atoms with Crippen LogP contribution in [0, 0.1) is 0 Å². The van der Waals surface area contributed by atoms with Crippen molar-refractivity contribution in [2.24, 2.45) is 0 Å². The van der Waals surface area contributed by atoms with Gasteiger partial charge in [-0.25, -0.2) is 4.79 Å². The number of hydrogen-bond donors (Lipinski definition) is 1. The lowest BCUT2D eigenvalue weighted by atomic mass is 10.1. The first-order chi connectivity index (χ1) is 12.6. The molecule has 2 aromatic carbocycles. The van der Waals surface area contributed by atoms with Gasteiger partial charge in [0.25, 0.3) is 5.91 Å². The van der Waals surface area contributed by atoms with Crippen molar-refractivity contribution in [2.45, 2.75) is 20.0 Å². The lowest BCUT2D eigenvalue weighted by molar-refractivity contribution is 0.0602. The monoisotopic (exact) mass is 357 g/mol. The fraction of sp³-hybridized carbons (Fsp3) is 0.300. The number of benzene rings is 2. The van der Waals surface area contributed by atoms with Crippen molar-refractivity contribution in [3.8, 4) is 5.75 Å². The molecule has 2 aromatic rings. The number of amides is 1. The highest BCUT2D eigenvalue weighted by Crippen LogP contribution is 2.23. The maximum Gasteiger partial charge on any atom is 0.339 e. The number of para-hydroxylation sites is 1. The second-order valence-electron chi connectivity index (χ2n) is 5.57. The van der Waals surface area contributed by atoms with Gasteiger partial charge in [0.1, 0.15) is 5.75 Å². The Morgan fingerprint density at radius 1 is 1.08 bits per heavy atom. The Balaban J connectivity index is 2.22. The molecule has 26 heavy (non-hydrogen) atoms. The average molecular weight is 357 g/mol. The Morgan fingerprint density at radius 3 is 2.54 bits per heavy atom. The van der Waals surface area contributed by atoms with Crippen molar-refractivity contribution >= 4 is 17.6 Å². The van der Waals surface area contributed by atoms with Crippen LogP contribution in [0.2, 0.25) is 0 Å². The molecule has 0 saturated heterocycles. The van der Waals surface area contributed by atoms with Gasteiger partial charge >= 0.3 is 5.97 Å². The predicted octanol–water partition coefficient (Wildman–Crippen LogP) is 3.66. The first kappa shape index (κ1) is 19.5. The summed E-state index contributed by atoms with van der Waals surface area (Å²) in [4.78, 5) is 24.4. The van der Waals surface area contributed by atoms with E-state index in [1.54, 1.807) is 49.6 Å². The molecule has 0 heterocycles. The molecule has 2 rings (SSSR count). The Labute approximate surface area is 153 Å². The summed E-state index contributed by atoms with van der Waals surface area (Å²) in [7, 11) is 2.87. The van der Waals surface area contributed by atoms with E-state index in [4.69, 9.17) is 14.2 Å². The zero-order valence-corrected chi connectivity index (χ0v) is 15.2. The number of esters is 1. The standard InChI is InChI=1S/C20H23NO5/c1-4-11-26-13-15-12-14(9-10-18(15)24-2)19(22)21-17-8-6-5-7-16(17)20(23)25-3/h5-10,12H,4,11,13H2,1-3H3,(H,21,22). The van der Waals surface area contributed by atoms with Gasteiger partial charge in [-0.05, 0) is 36.8 Å². The first-order valence-electron chi connectivity index (χ1n) is 8.34. The van der Waals surface area contributed by atoms with Crippen molar-refractivity contribution in [1.82, 2.24) is 0 Å². The second-order valence-corrected chi connectivity index (χ2v) is 5.57. The van der Waals surface area contributed by atoms with Gasteiger partial charge in [0.2, 0.25) is 0 Å². The molecule has 6 nitrogen and oxygen atoms in total. The van der Waals surface area contributed by atoms with Gasteiger partial charge in [0.05, 0.1) is 32.1 Å². The van der Waals surface area contributed by atoms with E-state index < -0.39 is 5.97 Å². The van der Waals surface area contributed by atoms with Crippen LogP contribution in [0.15, 0.2) is 42.5 Å². The summed E-state index contributed by atoms with van der Waals surface area (Å²) in [5.41, 5.74) is 1.92. The molecule has 0 saturated carbocycles. The number of carbonyl (C=O) groups is 2.